The van der Waals surface area contributed by atoms with E-state index < -0.39 is 0 Å². The Kier molecular flexibility index (Phi) is 7.37. The molecule has 1 fully saturated rings. The van der Waals surface area contributed by atoms with E-state index in [9.17, 15) is 9.90 Å². The predicted octanol–water partition coefficient (Wildman–Crippen LogP) is 5.40. The third kappa shape index (κ3) is 5.30. The molecule has 0 aliphatic carbocycles. The molecule has 0 spiro atoms. The predicted molar refractivity (Wildman–Crippen MR) is 144 cm³/mol. The normalized spacial score (nSPS) is 17.1. The Labute approximate surface area is 217 Å². The summed E-state index contributed by atoms with van der Waals surface area (Å²) in [4.78, 5) is 19.3. The molecule has 1 amide bonds. The van der Waals surface area contributed by atoms with Crippen molar-refractivity contribution in [3.8, 4) is 17.2 Å². The van der Waals surface area contributed by atoms with Gasteiger partial charge in [-0.1, -0.05) is 49.4 Å². The van der Waals surface area contributed by atoms with Crippen LogP contribution in [0.5, 0.6) is 5.75 Å². The maximum absolute atomic E-state index is 12.9. The fourth-order valence-corrected chi connectivity index (χ4v) is 4.85. The monoisotopic (exact) mass is 496 g/mol. The molecule has 6 nitrogen and oxygen atoms in total. The van der Waals surface area contributed by atoms with Crippen molar-refractivity contribution in [2.45, 2.75) is 39.2 Å². The fraction of sp³-hybridized carbons (Fsp3) is 0.290. The molecule has 0 saturated carbocycles. The zero-order valence-corrected chi connectivity index (χ0v) is 21.3. The van der Waals surface area contributed by atoms with Crippen molar-refractivity contribution in [1.29, 1.82) is 0 Å². The third-order valence-electron chi connectivity index (χ3n) is 7.06. The van der Waals surface area contributed by atoms with Gasteiger partial charge < -0.3 is 19.2 Å². The molecule has 5 rings (SSSR count). The molecule has 3 aromatic carbocycles. The van der Waals surface area contributed by atoms with Gasteiger partial charge in [0.15, 0.2) is 0 Å². The van der Waals surface area contributed by atoms with Crippen LogP contribution in [-0.2, 0) is 24.1 Å². The van der Waals surface area contributed by atoms with Gasteiger partial charge >= 0.3 is 0 Å². The van der Waals surface area contributed by atoms with Crippen molar-refractivity contribution in [2.75, 3.05) is 18.1 Å². The number of aromatic nitrogens is 1. The van der Waals surface area contributed by atoms with E-state index in [4.69, 9.17) is 9.15 Å². The lowest BCUT2D eigenvalue weighted by Gasteiger charge is -2.46. The first-order chi connectivity index (χ1) is 18.1. The van der Waals surface area contributed by atoms with Gasteiger partial charge in [-0.2, -0.15) is 0 Å². The van der Waals surface area contributed by atoms with Crippen LogP contribution >= 0.6 is 0 Å². The second kappa shape index (κ2) is 11.0. The van der Waals surface area contributed by atoms with Crippen LogP contribution in [0.15, 0.2) is 83.3 Å². The number of ether oxygens (including phenoxy) is 1. The second-order valence-electron chi connectivity index (χ2n) is 9.42. The number of hydrogen-bond donors (Lipinski definition) is 1. The number of rotatable bonds is 10. The number of anilines is 1. The van der Waals surface area contributed by atoms with Crippen LogP contribution < -0.4 is 9.64 Å². The van der Waals surface area contributed by atoms with E-state index in [-0.39, 0.29) is 24.5 Å². The van der Waals surface area contributed by atoms with E-state index in [0.717, 1.165) is 40.4 Å². The molecule has 1 N–H and O–H groups in total. The van der Waals surface area contributed by atoms with Crippen molar-refractivity contribution >= 4 is 11.6 Å². The van der Waals surface area contributed by atoms with E-state index >= 15 is 0 Å². The highest BCUT2D eigenvalue weighted by Crippen LogP contribution is 2.35. The van der Waals surface area contributed by atoms with Gasteiger partial charge in [0.2, 0.25) is 11.8 Å². The summed E-state index contributed by atoms with van der Waals surface area (Å²) < 4.78 is 11.8. The number of aliphatic hydroxyl groups is 1. The van der Waals surface area contributed by atoms with Gasteiger partial charge in [0.05, 0.1) is 30.9 Å². The Bertz CT molecular complexity index is 1330. The molecule has 0 bridgehead atoms. The lowest BCUT2D eigenvalue weighted by atomic mass is 9.82. The van der Waals surface area contributed by atoms with Crippen LogP contribution in [0.3, 0.4) is 0 Å². The highest BCUT2D eigenvalue weighted by Gasteiger charge is 2.47. The molecule has 0 unspecified atom stereocenters. The zero-order chi connectivity index (χ0) is 25.8. The molecule has 37 heavy (non-hydrogen) atoms. The molecule has 1 aliphatic rings. The fourth-order valence-electron chi connectivity index (χ4n) is 4.85. The Morgan fingerprint density at radius 1 is 0.973 bits per heavy atom. The highest BCUT2D eigenvalue weighted by atomic mass is 16.5. The Morgan fingerprint density at radius 2 is 1.68 bits per heavy atom. The van der Waals surface area contributed by atoms with Crippen LogP contribution in [0, 0.1) is 12.8 Å². The highest BCUT2D eigenvalue weighted by molar-refractivity contribution is 6.03. The minimum absolute atomic E-state index is 0.0550. The Hall–Kier alpha value is -3.90. The van der Waals surface area contributed by atoms with Crippen LogP contribution in [0.1, 0.15) is 29.5 Å². The van der Waals surface area contributed by atoms with Crippen molar-refractivity contribution in [3.05, 3.63) is 101 Å². The first-order valence-electron chi connectivity index (χ1n) is 12.8. The number of carbonyl (C=O) groups is 1. The van der Waals surface area contributed by atoms with Gasteiger partial charge in [-0.25, -0.2) is 4.98 Å². The van der Waals surface area contributed by atoms with Crippen molar-refractivity contribution in [1.82, 2.24) is 4.98 Å². The van der Waals surface area contributed by atoms with Gasteiger partial charge in [-0.05, 0) is 67.3 Å². The molecule has 190 valence electrons. The molecule has 1 aliphatic heterocycles. The molecule has 2 heterocycles. The molecule has 1 aromatic heterocycles. The lowest BCUT2D eigenvalue weighted by molar-refractivity contribution is -0.131. The smallest absolute Gasteiger partial charge is 0.232 e. The van der Waals surface area contributed by atoms with Gasteiger partial charge in [-0.3, -0.25) is 4.79 Å². The lowest BCUT2D eigenvalue weighted by Crippen LogP contribution is -2.63. The van der Waals surface area contributed by atoms with Gasteiger partial charge in [0.25, 0.3) is 0 Å². The summed E-state index contributed by atoms with van der Waals surface area (Å²) in [6.45, 7) is 4.46. The molecule has 4 aromatic rings. The Morgan fingerprint density at radius 3 is 2.35 bits per heavy atom. The second-order valence-corrected chi connectivity index (χ2v) is 9.42. The van der Waals surface area contributed by atoms with Crippen LogP contribution in [0.25, 0.3) is 11.5 Å². The number of oxazole rings is 1. The van der Waals surface area contributed by atoms with E-state index in [1.807, 2.05) is 85.8 Å². The average molecular weight is 497 g/mol. The third-order valence-corrected chi connectivity index (χ3v) is 7.06. The van der Waals surface area contributed by atoms with Gasteiger partial charge in [-0.15, -0.1) is 0 Å². The molecule has 0 radical (unpaired) electrons. The molecule has 1 saturated heterocycles. The number of nitrogens with zero attached hydrogens (tertiary/aromatic N) is 2. The van der Waals surface area contributed by atoms with E-state index in [1.54, 1.807) is 4.90 Å². The summed E-state index contributed by atoms with van der Waals surface area (Å²) in [7, 11) is 0. The number of amides is 1. The van der Waals surface area contributed by atoms with Crippen molar-refractivity contribution < 1.29 is 19.1 Å². The minimum Gasteiger partial charge on any atom is -0.493 e. The first kappa shape index (κ1) is 24.8. The summed E-state index contributed by atoms with van der Waals surface area (Å²) in [6, 6.07) is 25.5. The van der Waals surface area contributed by atoms with Crippen molar-refractivity contribution in [2.24, 2.45) is 5.92 Å². The van der Waals surface area contributed by atoms with Crippen molar-refractivity contribution in [3.63, 3.8) is 0 Å². The Balaban J connectivity index is 1.14. The topological polar surface area (TPSA) is 75.8 Å². The molecular weight excluding hydrogens is 464 g/mol. The summed E-state index contributed by atoms with van der Waals surface area (Å²) >= 11 is 0. The zero-order valence-electron chi connectivity index (χ0n) is 21.3. The van der Waals surface area contributed by atoms with Gasteiger partial charge in [0, 0.05) is 17.7 Å². The largest absolute Gasteiger partial charge is 0.493 e. The van der Waals surface area contributed by atoms with E-state index in [0.29, 0.717) is 25.3 Å². The standard InChI is InChI=1S/C31H32N2O4/c1-3-22-9-13-25(14-10-22)33-29(20-34)27(31(33)35)19-23-11-15-26(16-12-23)36-18-17-28-21(2)37-30(32-28)24-7-5-4-6-8-24/h4-16,27,29,34H,3,17-20H2,1-2H3/t27-,29+/m0/s1. The van der Waals surface area contributed by atoms with Gasteiger partial charge in [0.1, 0.15) is 11.5 Å². The number of β-lactam (4-membered cyclic amide) rings is 1. The maximum Gasteiger partial charge on any atom is 0.232 e. The number of hydrogen-bond acceptors (Lipinski definition) is 5. The number of carbonyl (C=O) groups excluding carboxylic acids is 1. The summed E-state index contributed by atoms with van der Waals surface area (Å²) in [5, 5.41) is 9.98. The quantitative estimate of drug-likeness (QED) is 0.298. The SMILES string of the molecule is CCc1ccc(N2C(=O)[C@@H](Cc3ccc(OCCc4nc(-c5ccccc5)oc4C)cc3)[C@H]2CO)cc1. The number of benzene rings is 3. The summed E-state index contributed by atoms with van der Waals surface area (Å²) in [5.41, 5.74) is 4.97. The first-order valence-corrected chi connectivity index (χ1v) is 12.8. The molecule has 2 atom stereocenters. The van der Waals surface area contributed by atoms with E-state index in [2.05, 4.69) is 11.9 Å². The van der Waals surface area contributed by atoms with E-state index in [1.165, 1.54) is 5.56 Å². The minimum atomic E-state index is -0.225. The molecular formula is C31H32N2O4. The summed E-state index contributed by atoms with van der Waals surface area (Å²) in [5.74, 6) is 2.03. The maximum atomic E-state index is 12.9. The number of aryl methyl sites for hydroxylation is 2. The summed E-state index contributed by atoms with van der Waals surface area (Å²) in [6.07, 6.45) is 2.19. The van der Waals surface area contributed by atoms with Crippen LogP contribution in [0.2, 0.25) is 0 Å². The number of aliphatic hydroxyl groups excluding tert-OH is 1. The average Bonchev–Trinajstić information content (AvgIpc) is 3.31. The molecule has 6 heteroatoms. The van der Waals surface area contributed by atoms with Crippen LogP contribution in [-0.4, -0.2) is 35.3 Å². The van der Waals surface area contributed by atoms with Crippen LogP contribution in [0.4, 0.5) is 5.69 Å².